The molecule has 0 fully saturated rings. The molecular formula is C24H38N2+2. The Morgan fingerprint density at radius 2 is 0.885 bits per heavy atom. The van der Waals surface area contributed by atoms with Gasteiger partial charge in [0, 0.05) is 23.3 Å². The third kappa shape index (κ3) is 9.12. The average Bonchev–Trinajstić information content (AvgIpc) is 2.63. The van der Waals surface area contributed by atoms with Gasteiger partial charge in [-0.15, -0.1) is 0 Å². The van der Waals surface area contributed by atoms with E-state index in [1.54, 1.807) is 0 Å². The zero-order valence-electron chi connectivity index (χ0n) is 17.0. The molecule has 0 atom stereocenters. The number of aromatic nitrogens is 2. The lowest BCUT2D eigenvalue weighted by Gasteiger charge is -2.03. The first-order valence-electron chi connectivity index (χ1n) is 10.6. The van der Waals surface area contributed by atoms with Crippen LogP contribution in [0.5, 0.6) is 0 Å². The van der Waals surface area contributed by atoms with Gasteiger partial charge < -0.3 is 0 Å². The second-order valence-corrected chi connectivity index (χ2v) is 7.79. The molecule has 0 aromatic carbocycles. The monoisotopic (exact) mass is 354 g/mol. The number of rotatable bonds is 13. The van der Waals surface area contributed by atoms with Crippen LogP contribution in [0.15, 0.2) is 49.1 Å². The summed E-state index contributed by atoms with van der Waals surface area (Å²) in [5.41, 5.74) is 2.94. The number of nitrogens with zero attached hydrogens (tertiary/aromatic N) is 2. The normalized spacial score (nSPS) is 11.0. The second kappa shape index (κ2) is 12.6. The van der Waals surface area contributed by atoms with Crippen LogP contribution in [0.3, 0.4) is 0 Å². The fraction of sp³-hybridized carbons (Fsp3) is 0.583. The molecule has 0 N–H and O–H groups in total. The van der Waals surface area contributed by atoms with E-state index in [9.17, 15) is 0 Å². The first kappa shape index (κ1) is 20.6. The summed E-state index contributed by atoms with van der Waals surface area (Å²) in [6.45, 7) is 0. The number of aryl methyl sites for hydroxylation is 4. The Morgan fingerprint density at radius 1 is 0.538 bits per heavy atom. The minimum atomic E-state index is 1.23. The summed E-state index contributed by atoms with van der Waals surface area (Å²) in [7, 11) is 4.20. The van der Waals surface area contributed by atoms with Crippen molar-refractivity contribution in [1.82, 2.24) is 0 Å². The van der Waals surface area contributed by atoms with Crippen LogP contribution in [0, 0.1) is 0 Å². The van der Waals surface area contributed by atoms with Gasteiger partial charge in [-0.3, -0.25) is 0 Å². The van der Waals surface area contributed by atoms with Crippen LogP contribution in [-0.2, 0) is 26.9 Å². The van der Waals surface area contributed by atoms with E-state index in [0.717, 1.165) is 0 Å². The fourth-order valence-corrected chi connectivity index (χ4v) is 3.67. The van der Waals surface area contributed by atoms with Crippen LogP contribution < -0.4 is 9.13 Å². The molecule has 2 heterocycles. The van der Waals surface area contributed by atoms with Gasteiger partial charge in [-0.05, 0) is 37.8 Å². The average molecular weight is 355 g/mol. The first-order chi connectivity index (χ1) is 12.7. The molecule has 0 radical (unpaired) electrons. The van der Waals surface area contributed by atoms with Crippen molar-refractivity contribution in [2.45, 2.75) is 77.0 Å². The Morgan fingerprint density at radius 3 is 1.23 bits per heavy atom. The molecule has 142 valence electrons. The molecule has 0 saturated carbocycles. The lowest BCUT2D eigenvalue weighted by atomic mass is 10.0. The molecule has 0 aliphatic heterocycles. The lowest BCUT2D eigenvalue weighted by molar-refractivity contribution is -0.672. The van der Waals surface area contributed by atoms with Gasteiger partial charge in [0.1, 0.15) is 14.1 Å². The molecule has 2 nitrogen and oxygen atoms in total. The Bertz CT molecular complexity index is 566. The smallest absolute Gasteiger partial charge is 0.171 e. The van der Waals surface area contributed by atoms with Crippen LogP contribution in [0.25, 0.3) is 0 Å². The minimum absolute atomic E-state index is 1.23. The van der Waals surface area contributed by atoms with E-state index in [0.29, 0.717) is 0 Å². The SMILES string of the molecule is C[n+]1cccc(CCCCCCCCCCCCc2ccc[n+](C)c2)c1. The van der Waals surface area contributed by atoms with Crippen molar-refractivity contribution in [2.75, 3.05) is 0 Å². The highest BCUT2D eigenvalue weighted by Gasteiger charge is 2.00. The van der Waals surface area contributed by atoms with E-state index in [2.05, 4.69) is 72.3 Å². The number of hydrogen-bond acceptors (Lipinski definition) is 0. The van der Waals surface area contributed by atoms with Crippen molar-refractivity contribution < 1.29 is 9.13 Å². The van der Waals surface area contributed by atoms with Gasteiger partial charge in [0.15, 0.2) is 24.8 Å². The summed E-state index contributed by atoms with van der Waals surface area (Å²) in [5, 5.41) is 0. The highest BCUT2D eigenvalue weighted by molar-refractivity contribution is 5.05. The van der Waals surface area contributed by atoms with Crippen molar-refractivity contribution in [2.24, 2.45) is 14.1 Å². The van der Waals surface area contributed by atoms with Crippen LogP contribution >= 0.6 is 0 Å². The van der Waals surface area contributed by atoms with Crippen molar-refractivity contribution in [1.29, 1.82) is 0 Å². The maximum atomic E-state index is 2.25. The van der Waals surface area contributed by atoms with Crippen molar-refractivity contribution in [3.8, 4) is 0 Å². The Balaban J connectivity index is 1.36. The predicted octanol–water partition coefficient (Wildman–Crippen LogP) is 5.02. The van der Waals surface area contributed by atoms with Crippen LogP contribution in [-0.4, -0.2) is 0 Å². The van der Waals surface area contributed by atoms with E-state index in [1.807, 2.05) is 0 Å². The molecule has 0 spiro atoms. The van der Waals surface area contributed by atoms with Gasteiger partial charge in [0.2, 0.25) is 0 Å². The molecule has 2 heteroatoms. The molecule has 0 aliphatic rings. The number of hydrogen-bond donors (Lipinski definition) is 0. The zero-order valence-corrected chi connectivity index (χ0v) is 17.0. The van der Waals surface area contributed by atoms with Gasteiger partial charge in [0.05, 0.1) is 0 Å². The maximum absolute atomic E-state index is 2.25. The minimum Gasteiger partial charge on any atom is -0.208 e. The molecule has 2 rings (SSSR count). The zero-order chi connectivity index (χ0) is 18.5. The maximum Gasteiger partial charge on any atom is 0.171 e. The fourth-order valence-electron chi connectivity index (χ4n) is 3.67. The van der Waals surface area contributed by atoms with E-state index >= 15 is 0 Å². The van der Waals surface area contributed by atoms with Crippen LogP contribution in [0.2, 0.25) is 0 Å². The summed E-state index contributed by atoms with van der Waals surface area (Å²) in [6, 6.07) is 8.79. The summed E-state index contributed by atoms with van der Waals surface area (Å²) in [4.78, 5) is 0. The highest BCUT2D eigenvalue weighted by atomic mass is 14.9. The Labute approximate surface area is 160 Å². The van der Waals surface area contributed by atoms with Crippen molar-refractivity contribution in [3.05, 3.63) is 60.2 Å². The number of unbranched alkanes of at least 4 members (excludes halogenated alkanes) is 9. The lowest BCUT2D eigenvalue weighted by Crippen LogP contribution is -2.26. The van der Waals surface area contributed by atoms with E-state index < -0.39 is 0 Å². The van der Waals surface area contributed by atoms with E-state index in [-0.39, 0.29) is 0 Å². The predicted molar refractivity (Wildman–Crippen MR) is 109 cm³/mol. The Hall–Kier alpha value is -1.70. The first-order valence-corrected chi connectivity index (χ1v) is 10.6. The van der Waals surface area contributed by atoms with Crippen LogP contribution in [0.4, 0.5) is 0 Å². The molecular weight excluding hydrogens is 316 g/mol. The summed E-state index contributed by atoms with van der Waals surface area (Å²) in [5.74, 6) is 0. The summed E-state index contributed by atoms with van der Waals surface area (Å²) in [6.07, 6.45) is 25.1. The van der Waals surface area contributed by atoms with Gasteiger partial charge in [-0.25, -0.2) is 9.13 Å². The van der Waals surface area contributed by atoms with E-state index in [4.69, 9.17) is 0 Å². The Kier molecular flexibility index (Phi) is 10.0. The largest absolute Gasteiger partial charge is 0.208 e. The van der Waals surface area contributed by atoms with Crippen molar-refractivity contribution in [3.63, 3.8) is 0 Å². The second-order valence-electron chi connectivity index (χ2n) is 7.79. The third-order valence-corrected chi connectivity index (χ3v) is 5.18. The molecule has 0 aliphatic carbocycles. The van der Waals surface area contributed by atoms with Gasteiger partial charge in [-0.2, -0.15) is 0 Å². The highest BCUT2D eigenvalue weighted by Crippen LogP contribution is 2.13. The van der Waals surface area contributed by atoms with Gasteiger partial charge in [0.25, 0.3) is 0 Å². The summed E-state index contributed by atoms with van der Waals surface area (Å²) >= 11 is 0. The molecule has 0 unspecified atom stereocenters. The van der Waals surface area contributed by atoms with Gasteiger partial charge in [-0.1, -0.05) is 51.4 Å². The summed E-state index contributed by atoms with van der Waals surface area (Å²) < 4.78 is 4.30. The standard InChI is InChI=1S/C24H38N2/c1-25-19-13-17-23(21-25)15-11-9-7-5-3-4-6-8-10-12-16-24-18-14-20-26(2)22-24/h13-14,17-22H,3-12,15-16H2,1-2H3/q+2. The number of pyridine rings is 2. The quantitative estimate of drug-likeness (QED) is 0.352. The topological polar surface area (TPSA) is 7.76 Å². The molecule has 0 saturated heterocycles. The molecule has 0 amide bonds. The molecule has 2 aromatic heterocycles. The third-order valence-electron chi connectivity index (χ3n) is 5.18. The van der Waals surface area contributed by atoms with Crippen LogP contribution in [0.1, 0.15) is 75.3 Å². The molecule has 2 aromatic rings. The van der Waals surface area contributed by atoms with Gasteiger partial charge >= 0.3 is 0 Å². The van der Waals surface area contributed by atoms with Crippen molar-refractivity contribution >= 4 is 0 Å². The molecule has 26 heavy (non-hydrogen) atoms. The molecule has 0 bridgehead atoms. The van der Waals surface area contributed by atoms with E-state index in [1.165, 1.54) is 88.2 Å².